The maximum Gasteiger partial charge on any atom is 0.326 e. The first-order valence-electron chi connectivity index (χ1n) is 5.74. The summed E-state index contributed by atoms with van der Waals surface area (Å²) in [4.78, 5) is 15.6. The van der Waals surface area contributed by atoms with Gasteiger partial charge in [-0.1, -0.05) is 6.92 Å². The lowest BCUT2D eigenvalue weighted by molar-refractivity contribution is 0.180. The number of hydrogen-bond donors (Lipinski definition) is 0. The summed E-state index contributed by atoms with van der Waals surface area (Å²) >= 11 is 0. The van der Waals surface area contributed by atoms with Crippen LogP contribution < -0.4 is 4.90 Å². The molecule has 2 heterocycles. The van der Waals surface area contributed by atoms with E-state index in [1.54, 1.807) is 30.3 Å². The second kappa shape index (κ2) is 4.60. The monoisotopic (exact) mass is 222 g/mol. The SMILES string of the molecule is CC1CCN(C(=O)N(C)c2ccco2)CC1. The predicted molar refractivity (Wildman–Crippen MR) is 62.5 cm³/mol. The number of carbonyl (C=O) groups is 1. The summed E-state index contributed by atoms with van der Waals surface area (Å²) in [6.45, 7) is 3.94. The molecule has 0 bridgehead atoms. The van der Waals surface area contributed by atoms with E-state index >= 15 is 0 Å². The highest BCUT2D eigenvalue weighted by Crippen LogP contribution is 2.19. The fourth-order valence-electron chi connectivity index (χ4n) is 1.97. The number of furan rings is 1. The van der Waals surface area contributed by atoms with Gasteiger partial charge in [0, 0.05) is 26.2 Å². The summed E-state index contributed by atoms with van der Waals surface area (Å²) < 4.78 is 5.21. The first kappa shape index (κ1) is 11.0. The molecule has 0 saturated carbocycles. The number of carbonyl (C=O) groups excluding carboxylic acids is 1. The van der Waals surface area contributed by atoms with E-state index in [2.05, 4.69) is 6.92 Å². The Hall–Kier alpha value is -1.45. The molecule has 0 atom stereocenters. The number of likely N-dealkylation sites (tertiary alicyclic amines) is 1. The van der Waals surface area contributed by atoms with Crippen molar-refractivity contribution in [3.05, 3.63) is 18.4 Å². The van der Waals surface area contributed by atoms with E-state index in [-0.39, 0.29) is 6.03 Å². The topological polar surface area (TPSA) is 36.7 Å². The third-order valence-electron chi connectivity index (χ3n) is 3.18. The molecule has 1 aliphatic rings. The number of amides is 2. The van der Waals surface area contributed by atoms with Crippen LogP contribution in [-0.4, -0.2) is 31.1 Å². The zero-order valence-corrected chi connectivity index (χ0v) is 9.85. The van der Waals surface area contributed by atoms with E-state index in [9.17, 15) is 4.79 Å². The van der Waals surface area contributed by atoms with Crippen molar-refractivity contribution in [3.63, 3.8) is 0 Å². The van der Waals surface area contributed by atoms with Gasteiger partial charge in [-0.15, -0.1) is 0 Å². The first-order valence-corrected chi connectivity index (χ1v) is 5.74. The van der Waals surface area contributed by atoms with Gasteiger partial charge in [0.25, 0.3) is 0 Å². The van der Waals surface area contributed by atoms with Crippen LogP contribution in [0.1, 0.15) is 19.8 Å². The second-order valence-electron chi connectivity index (χ2n) is 4.46. The molecule has 16 heavy (non-hydrogen) atoms. The van der Waals surface area contributed by atoms with E-state index in [0.717, 1.165) is 31.8 Å². The van der Waals surface area contributed by atoms with E-state index in [4.69, 9.17) is 4.42 Å². The number of hydrogen-bond acceptors (Lipinski definition) is 2. The van der Waals surface area contributed by atoms with Crippen LogP contribution in [0.25, 0.3) is 0 Å². The highest BCUT2D eigenvalue weighted by molar-refractivity contribution is 5.90. The van der Waals surface area contributed by atoms with E-state index in [0.29, 0.717) is 5.88 Å². The van der Waals surface area contributed by atoms with Gasteiger partial charge in [-0.25, -0.2) is 4.79 Å². The Balaban J connectivity index is 1.97. The molecule has 0 N–H and O–H groups in total. The van der Waals surface area contributed by atoms with Gasteiger partial charge in [0.2, 0.25) is 5.88 Å². The van der Waals surface area contributed by atoms with Crippen molar-refractivity contribution in [2.75, 3.05) is 25.0 Å². The smallest absolute Gasteiger partial charge is 0.326 e. The fraction of sp³-hybridized carbons (Fsp3) is 0.583. The lowest BCUT2D eigenvalue weighted by Gasteiger charge is -2.32. The maximum absolute atomic E-state index is 12.1. The van der Waals surface area contributed by atoms with Crippen molar-refractivity contribution in [3.8, 4) is 0 Å². The van der Waals surface area contributed by atoms with Gasteiger partial charge in [-0.2, -0.15) is 0 Å². The van der Waals surface area contributed by atoms with Crippen LogP contribution in [-0.2, 0) is 0 Å². The zero-order valence-electron chi connectivity index (χ0n) is 9.85. The summed E-state index contributed by atoms with van der Waals surface area (Å²) in [6, 6.07) is 3.61. The summed E-state index contributed by atoms with van der Waals surface area (Å²) in [5, 5.41) is 0. The molecule has 0 aromatic carbocycles. The van der Waals surface area contributed by atoms with Crippen molar-refractivity contribution in [1.29, 1.82) is 0 Å². The van der Waals surface area contributed by atoms with E-state index in [1.807, 2.05) is 4.90 Å². The van der Waals surface area contributed by atoms with Gasteiger partial charge in [0.05, 0.1) is 6.26 Å². The Morgan fingerprint density at radius 2 is 2.19 bits per heavy atom. The molecule has 1 fully saturated rings. The predicted octanol–water partition coefficient (Wildman–Crippen LogP) is 2.57. The van der Waals surface area contributed by atoms with Crippen molar-refractivity contribution < 1.29 is 9.21 Å². The molecule has 88 valence electrons. The Kier molecular flexibility index (Phi) is 3.17. The van der Waals surface area contributed by atoms with Crippen LogP contribution in [0.4, 0.5) is 10.7 Å². The van der Waals surface area contributed by atoms with Crippen LogP contribution in [0.5, 0.6) is 0 Å². The van der Waals surface area contributed by atoms with Gasteiger partial charge in [0.1, 0.15) is 0 Å². The molecule has 0 spiro atoms. The van der Waals surface area contributed by atoms with Crippen molar-refractivity contribution >= 4 is 11.9 Å². The Bertz CT molecular complexity index is 340. The van der Waals surface area contributed by atoms with Crippen molar-refractivity contribution in [2.45, 2.75) is 19.8 Å². The number of rotatable bonds is 1. The van der Waals surface area contributed by atoms with Gasteiger partial charge in [-0.3, -0.25) is 4.90 Å². The molecular formula is C12H18N2O2. The molecule has 2 rings (SSSR count). The normalized spacial score (nSPS) is 17.5. The molecule has 2 amide bonds. The summed E-state index contributed by atoms with van der Waals surface area (Å²) in [7, 11) is 1.75. The zero-order chi connectivity index (χ0) is 11.5. The third-order valence-corrected chi connectivity index (χ3v) is 3.18. The average Bonchev–Trinajstić information content (AvgIpc) is 2.81. The molecule has 1 aromatic heterocycles. The maximum atomic E-state index is 12.1. The van der Waals surface area contributed by atoms with E-state index in [1.165, 1.54) is 0 Å². The van der Waals surface area contributed by atoms with Gasteiger partial charge < -0.3 is 9.32 Å². The van der Waals surface area contributed by atoms with Crippen LogP contribution in [0, 0.1) is 5.92 Å². The summed E-state index contributed by atoms with van der Waals surface area (Å²) in [5.41, 5.74) is 0. The van der Waals surface area contributed by atoms with Crippen LogP contribution >= 0.6 is 0 Å². The molecule has 4 heteroatoms. The lowest BCUT2D eigenvalue weighted by atomic mass is 10.00. The van der Waals surface area contributed by atoms with Crippen LogP contribution in [0.3, 0.4) is 0 Å². The number of urea groups is 1. The van der Waals surface area contributed by atoms with Crippen LogP contribution in [0.2, 0.25) is 0 Å². The Labute approximate surface area is 95.8 Å². The molecule has 0 unspecified atom stereocenters. The molecule has 0 aliphatic carbocycles. The number of piperidine rings is 1. The molecule has 0 radical (unpaired) electrons. The molecule has 1 saturated heterocycles. The molecule has 4 nitrogen and oxygen atoms in total. The minimum absolute atomic E-state index is 0.0295. The van der Waals surface area contributed by atoms with E-state index < -0.39 is 0 Å². The van der Waals surface area contributed by atoms with Gasteiger partial charge >= 0.3 is 6.03 Å². The highest BCUT2D eigenvalue weighted by Gasteiger charge is 2.24. The molecular weight excluding hydrogens is 204 g/mol. The highest BCUT2D eigenvalue weighted by atomic mass is 16.3. The minimum atomic E-state index is 0.0295. The van der Waals surface area contributed by atoms with Crippen LogP contribution in [0.15, 0.2) is 22.8 Å². The quantitative estimate of drug-likeness (QED) is 0.732. The van der Waals surface area contributed by atoms with Gasteiger partial charge in [0.15, 0.2) is 0 Å². The standard InChI is InChI=1S/C12H18N2O2/c1-10-5-7-14(8-6-10)12(15)13(2)11-4-3-9-16-11/h3-4,9-10H,5-8H2,1-2H3. The second-order valence-corrected chi connectivity index (χ2v) is 4.46. The largest absolute Gasteiger partial charge is 0.448 e. The number of anilines is 1. The Morgan fingerprint density at radius 1 is 1.50 bits per heavy atom. The average molecular weight is 222 g/mol. The summed E-state index contributed by atoms with van der Waals surface area (Å²) in [5.74, 6) is 1.33. The molecule has 1 aliphatic heterocycles. The lowest BCUT2D eigenvalue weighted by Crippen LogP contribution is -2.45. The first-order chi connectivity index (χ1) is 7.68. The molecule has 1 aromatic rings. The van der Waals surface area contributed by atoms with Gasteiger partial charge in [-0.05, 0) is 24.8 Å². The summed E-state index contributed by atoms with van der Waals surface area (Å²) in [6.07, 6.45) is 3.77. The van der Waals surface area contributed by atoms with Crippen molar-refractivity contribution in [1.82, 2.24) is 4.90 Å². The van der Waals surface area contributed by atoms with Crippen molar-refractivity contribution in [2.24, 2.45) is 5.92 Å². The third kappa shape index (κ3) is 2.21. The Morgan fingerprint density at radius 3 is 2.75 bits per heavy atom. The number of nitrogens with zero attached hydrogens (tertiary/aromatic N) is 2. The minimum Gasteiger partial charge on any atom is -0.448 e. The fourth-order valence-corrected chi connectivity index (χ4v) is 1.97.